The highest BCUT2D eigenvalue weighted by Crippen LogP contribution is 2.34. The highest BCUT2D eigenvalue weighted by molar-refractivity contribution is 5.97. The zero-order valence-electron chi connectivity index (χ0n) is 14.6. The molecule has 0 spiro atoms. The molecule has 8 heteroatoms. The van der Waals surface area contributed by atoms with Gasteiger partial charge in [0.2, 0.25) is 5.91 Å². The first-order chi connectivity index (χ1) is 11.7. The molecule has 0 radical (unpaired) electrons. The van der Waals surface area contributed by atoms with Gasteiger partial charge in [0, 0.05) is 24.1 Å². The van der Waals surface area contributed by atoms with Crippen LogP contribution >= 0.6 is 0 Å². The molecule has 136 valence electrons. The fourth-order valence-electron chi connectivity index (χ4n) is 2.62. The predicted molar refractivity (Wildman–Crippen MR) is 93.0 cm³/mol. The van der Waals surface area contributed by atoms with Crippen molar-refractivity contribution in [1.82, 2.24) is 5.32 Å². The van der Waals surface area contributed by atoms with Crippen LogP contribution in [0.15, 0.2) is 12.1 Å². The molecule has 4 N–H and O–H groups in total. The van der Waals surface area contributed by atoms with Crippen molar-refractivity contribution in [2.45, 2.75) is 45.1 Å². The topological polar surface area (TPSA) is 117 Å². The van der Waals surface area contributed by atoms with Crippen LogP contribution in [0.1, 0.15) is 38.7 Å². The van der Waals surface area contributed by atoms with Crippen LogP contribution < -0.4 is 20.7 Å². The Labute approximate surface area is 145 Å². The molecule has 0 aliphatic carbocycles. The Hall–Kier alpha value is -2.77. The van der Waals surface area contributed by atoms with Crippen molar-refractivity contribution < 1.29 is 24.2 Å². The van der Waals surface area contributed by atoms with Crippen molar-refractivity contribution in [2.24, 2.45) is 0 Å². The first-order valence-electron chi connectivity index (χ1n) is 8.02. The molecular formula is C17H23N3O5. The van der Waals surface area contributed by atoms with Crippen LogP contribution in [0.2, 0.25) is 0 Å². The summed E-state index contributed by atoms with van der Waals surface area (Å²) in [5, 5.41) is 17.0. The highest BCUT2D eigenvalue weighted by Gasteiger charge is 2.23. The second-order valence-electron chi connectivity index (χ2n) is 6.61. The van der Waals surface area contributed by atoms with Crippen LogP contribution in [-0.4, -0.2) is 35.7 Å². The maximum absolute atomic E-state index is 12.3. The summed E-state index contributed by atoms with van der Waals surface area (Å²) in [6.07, 6.45) is 1.29. The number of carbonyl (C=O) groups excluding carboxylic acids is 2. The van der Waals surface area contributed by atoms with Gasteiger partial charge in [-0.2, -0.15) is 0 Å². The molecule has 0 saturated carbocycles. The quantitative estimate of drug-likeness (QED) is 0.629. The van der Waals surface area contributed by atoms with E-state index in [2.05, 4.69) is 16.0 Å². The Balaban J connectivity index is 2.10. The van der Waals surface area contributed by atoms with Gasteiger partial charge in [-0.3, -0.25) is 9.59 Å². The lowest BCUT2D eigenvalue weighted by Crippen LogP contribution is -2.45. The zero-order valence-corrected chi connectivity index (χ0v) is 14.6. The normalized spacial score (nSPS) is 13.5. The summed E-state index contributed by atoms with van der Waals surface area (Å²) in [5.74, 6) is -0.487. The number of urea groups is 1. The summed E-state index contributed by atoms with van der Waals surface area (Å²) in [7, 11) is 1.50. The van der Waals surface area contributed by atoms with Gasteiger partial charge in [-0.05, 0) is 44.4 Å². The Morgan fingerprint density at radius 2 is 2.04 bits per heavy atom. The molecule has 1 aromatic carbocycles. The maximum Gasteiger partial charge on any atom is 0.319 e. The molecule has 25 heavy (non-hydrogen) atoms. The number of methoxy groups -OCH3 is 1. The van der Waals surface area contributed by atoms with Crippen molar-refractivity contribution in [2.75, 3.05) is 17.7 Å². The fourth-order valence-corrected chi connectivity index (χ4v) is 2.62. The van der Waals surface area contributed by atoms with E-state index in [4.69, 9.17) is 9.84 Å². The SMILES string of the molecule is COc1cc2c(cc1NC(=O)NC(C)(C)CCC(=O)O)NC(=O)CC2. The van der Waals surface area contributed by atoms with Crippen LogP contribution in [0.3, 0.4) is 0 Å². The zero-order chi connectivity index (χ0) is 18.6. The molecule has 3 amide bonds. The summed E-state index contributed by atoms with van der Waals surface area (Å²) < 4.78 is 5.32. The number of amides is 3. The van der Waals surface area contributed by atoms with Crippen LogP contribution in [0, 0.1) is 0 Å². The van der Waals surface area contributed by atoms with Gasteiger partial charge >= 0.3 is 12.0 Å². The molecule has 0 unspecified atom stereocenters. The third-order valence-electron chi connectivity index (χ3n) is 3.98. The Kier molecular flexibility index (Phi) is 5.51. The van der Waals surface area contributed by atoms with E-state index < -0.39 is 17.5 Å². The van der Waals surface area contributed by atoms with Gasteiger partial charge in [0.15, 0.2) is 0 Å². The van der Waals surface area contributed by atoms with E-state index in [-0.39, 0.29) is 12.3 Å². The number of rotatable bonds is 6. The first kappa shape index (κ1) is 18.6. The number of ether oxygens (including phenoxy) is 1. The summed E-state index contributed by atoms with van der Waals surface area (Å²) in [4.78, 5) is 34.5. The number of fused-ring (bicyclic) bond motifs is 1. The smallest absolute Gasteiger partial charge is 0.319 e. The van der Waals surface area contributed by atoms with E-state index in [1.807, 2.05) is 0 Å². The number of carboxylic acids is 1. The molecule has 1 aromatic rings. The van der Waals surface area contributed by atoms with Gasteiger partial charge < -0.3 is 25.8 Å². The van der Waals surface area contributed by atoms with E-state index >= 15 is 0 Å². The lowest BCUT2D eigenvalue weighted by molar-refractivity contribution is -0.137. The number of carboxylic acid groups (broad SMARTS) is 1. The highest BCUT2D eigenvalue weighted by atomic mass is 16.5. The molecule has 8 nitrogen and oxygen atoms in total. The number of carbonyl (C=O) groups is 3. The number of anilines is 2. The molecule has 0 saturated heterocycles. The lowest BCUT2D eigenvalue weighted by atomic mass is 9.99. The maximum atomic E-state index is 12.3. The Morgan fingerprint density at radius 3 is 2.68 bits per heavy atom. The summed E-state index contributed by atoms with van der Waals surface area (Å²) >= 11 is 0. The van der Waals surface area contributed by atoms with Crippen molar-refractivity contribution in [3.8, 4) is 5.75 Å². The van der Waals surface area contributed by atoms with E-state index in [0.717, 1.165) is 5.56 Å². The van der Waals surface area contributed by atoms with E-state index in [9.17, 15) is 14.4 Å². The number of hydrogen-bond donors (Lipinski definition) is 4. The summed E-state index contributed by atoms with van der Waals surface area (Å²) in [6.45, 7) is 3.50. The molecule has 2 rings (SSSR count). The predicted octanol–water partition coefficient (Wildman–Crippen LogP) is 2.34. The molecule has 0 bridgehead atoms. The first-order valence-corrected chi connectivity index (χ1v) is 8.02. The summed E-state index contributed by atoms with van der Waals surface area (Å²) in [6, 6.07) is 2.98. The van der Waals surface area contributed by atoms with Gasteiger partial charge in [0.05, 0.1) is 12.8 Å². The van der Waals surface area contributed by atoms with E-state index in [1.54, 1.807) is 26.0 Å². The molecule has 1 heterocycles. The number of aryl methyl sites for hydroxylation is 1. The van der Waals surface area contributed by atoms with Gasteiger partial charge in [0.1, 0.15) is 5.75 Å². The Bertz CT molecular complexity index is 700. The minimum atomic E-state index is -0.914. The number of aliphatic carboxylic acids is 1. The second-order valence-corrected chi connectivity index (χ2v) is 6.61. The van der Waals surface area contributed by atoms with Crippen LogP contribution in [0.5, 0.6) is 5.75 Å². The number of nitrogens with one attached hydrogen (secondary N) is 3. The summed E-state index contributed by atoms with van der Waals surface area (Å²) in [5.41, 5.74) is 1.34. The monoisotopic (exact) mass is 349 g/mol. The lowest BCUT2D eigenvalue weighted by Gasteiger charge is -2.26. The van der Waals surface area contributed by atoms with Crippen molar-refractivity contribution >= 4 is 29.3 Å². The Morgan fingerprint density at radius 1 is 1.32 bits per heavy atom. The molecule has 0 atom stereocenters. The third-order valence-corrected chi connectivity index (χ3v) is 3.98. The van der Waals surface area contributed by atoms with Gasteiger partial charge in [-0.1, -0.05) is 0 Å². The van der Waals surface area contributed by atoms with Crippen LogP contribution in [-0.2, 0) is 16.0 Å². The van der Waals surface area contributed by atoms with Gasteiger partial charge in [0.25, 0.3) is 0 Å². The van der Waals surface area contributed by atoms with Crippen molar-refractivity contribution in [3.05, 3.63) is 17.7 Å². The fraction of sp³-hybridized carbons (Fsp3) is 0.471. The molecular weight excluding hydrogens is 326 g/mol. The molecule has 0 fully saturated rings. The van der Waals surface area contributed by atoms with Crippen LogP contribution in [0.4, 0.5) is 16.2 Å². The third kappa shape index (κ3) is 5.10. The number of benzene rings is 1. The van der Waals surface area contributed by atoms with Gasteiger partial charge in [-0.15, -0.1) is 0 Å². The molecule has 0 aromatic heterocycles. The van der Waals surface area contributed by atoms with E-state index in [0.29, 0.717) is 36.4 Å². The number of hydrogen-bond acceptors (Lipinski definition) is 4. The van der Waals surface area contributed by atoms with E-state index in [1.165, 1.54) is 7.11 Å². The second kappa shape index (κ2) is 7.42. The van der Waals surface area contributed by atoms with Gasteiger partial charge in [-0.25, -0.2) is 4.79 Å². The average Bonchev–Trinajstić information content (AvgIpc) is 2.51. The van der Waals surface area contributed by atoms with Crippen molar-refractivity contribution in [1.29, 1.82) is 0 Å². The average molecular weight is 349 g/mol. The molecule has 1 aliphatic heterocycles. The van der Waals surface area contributed by atoms with Crippen molar-refractivity contribution in [3.63, 3.8) is 0 Å². The molecule has 1 aliphatic rings. The van der Waals surface area contributed by atoms with Crippen LogP contribution in [0.25, 0.3) is 0 Å². The minimum Gasteiger partial charge on any atom is -0.495 e. The standard InChI is InChI=1S/C17H23N3O5/c1-17(2,7-6-15(22)23)20-16(24)19-12-9-11-10(8-13(12)25-3)4-5-14(21)18-11/h8-9H,4-7H2,1-3H3,(H,18,21)(H,22,23)(H2,19,20,24). The minimum absolute atomic E-state index is 0.0402. The largest absolute Gasteiger partial charge is 0.495 e.